The van der Waals surface area contributed by atoms with E-state index in [0.29, 0.717) is 21.2 Å². The maximum atomic E-state index is 12.4. The molecular formula is C20H15ClN2O5S. The van der Waals surface area contributed by atoms with Crippen molar-refractivity contribution in [3.8, 4) is 0 Å². The number of rotatable bonds is 5. The van der Waals surface area contributed by atoms with Gasteiger partial charge in [-0.05, 0) is 36.8 Å². The number of carbonyl (C=O) groups excluding carboxylic acids is 1. The number of halogens is 1. The van der Waals surface area contributed by atoms with E-state index in [9.17, 15) is 20.0 Å². The van der Waals surface area contributed by atoms with Crippen molar-refractivity contribution in [1.29, 1.82) is 0 Å². The Morgan fingerprint density at radius 2 is 1.97 bits per heavy atom. The smallest absolute Gasteiger partial charge is 0.344 e. The highest BCUT2D eigenvalue weighted by atomic mass is 35.5. The SMILES string of the molecule is CCOC(=O)C1=C(O)/C(=C/c2ccccc2Cl)SC1=Nc1ccc([N+](=O)[O-])cc1. The lowest BCUT2D eigenvalue weighted by Gasteiger charge is -2.03. The van der Waals surface area contributed by atoms with Gasteiger partial charge in [-0.25, -0.2) is 9.79 Å². The summed E-state index contributed by atoms with van der Waals surface area (Å²) >= 11 is 7.26. The molecule has 1 heterocycles. The second-order valence-electron chi connectivity index (χ2n) is 5.77. The molecule has 0 unspecified atom stereocenters. The quantitative estimate of drug-likeness (QED) is 0.385. The van der Waals surface area contributed by atoms with Crippen LogP contribution in [0.5, 0.6) is 0 Å². The minimum absolute atomic E-state index is 0.0616. The number of ether oxygens (including phenoxy) is 1. The van der Waals surface area contributed by atoms with Crippen LogP contribution in [0.4, 0.5) is 11.4 Å². The molecule has 2 aromatic rings. The molecule has 0 bridgehead atoms. The highest BCUT2D eigenvalue weighted by Gasteiger charge is 2.33. The van der Waals surface area contributed by atoms with Crippen molar-refractivity contribution >= 4 is 51.8 Å². The molecule has 0 aromatic heterocycles. The van der Waals surface area contributed by atoms with Crippen LogP contribution in [-0.2, 0) is 9.53 Å². The number of carbonyl (C=O) groups is 1. The summed E-state index contributed by atoms with van der Waals surface area (Å²) in [6.45, 7) is 1.79. The molecule has 29 heavy (non-hydrogen) atoms. The molecule has 0 amide bonds. The van der Waals surface area contributed by atoms with Gasteiger partial charge in [0, 0.05) is 17.2 Å². The summed E-state index contributed by atoms with van der Waals surface area (Å²) in [4.78, 5) is 27.4. The van der Waals surface area contributed by atoms with Gasteiger partial charge in [0.25, 0.3) is 5.69 Å². The Morgan fingerprint density at radius 1 is 1.28 bits per heavy atom. The molecule has 148 valence electrons. The lowest BCUT2D eigenvalue weighted by atomic mass is 10.1. The zero-order valence-corrected chi connectivity index (χ0v) is 16.7. The van der Waals surface area contributed by atoms with Crippen LogP contribution in [0.1, 0.15) is 12.5 Å². The molecule has 1 aliphatic heterocycles. The first-order valence-corrected chi connectivity index (χ1v) is 9.68. The summed E-state index contributed by atoms with van der Waals surface area (Å²) < 4.78 is 5.04. The van der Waals surface area contributed by atoms with E-state index in [1.165, 1.54) is 24.3 Å². The molecule has 9 heteroatoms. The number of hydrogen-bond donors (Lipinski definition) is 1. The van der Waals surface area contributed by atoms with Gasteiger partial charge in [-0.2, -0.15) is 0 Å². The molecule has 0 saturated heterocycles. The van der Waals surface area contributed by atoms with Gasteiger partial charge in [-0.3, -0.25) is 10.1 Å². The Bertz CT molecular complexity index is 1060. The van der Waals surface area contributed by atoms with E-state index >= 15 is 0 Å². The number of nitrogens with zero attached hydrogens (tertiary/aromatic N) is 2. The average Bonchev–Trinajstić information content (AvgIpc) is 2.99. The molecule has 0 fully saturated rings. The summed E-state index contributed by atoms with van der Waals surface area (Å²) in [5, 5.41) is 22.2. The summed E-state index contributed by atoms with van der Waals surface area (Å²) in [5.41, 5.74) is 0.930. The van der Waals surface area contributed by atoms with Crippen LogP contribution < -0.4 is 0 Å². The van der Waals surface area contributed by atoms with E-state index < -0.39 is 10.9 Å². The Balaban J connectivity index is 2.03. The minimum atomic E-state index is -0.708. The van der Waals surface area contributed by atoms with E-state index in [-0.39, 0.29) is 28.7 Å². The standard InChI is InChI=1S/C20H15ClN2O5S/c1-2-28-20(25)17-18(24)16(11-12-5-3-4-6-15(12)21)29-19(17)22-13-7-9-14(10-8-13)23(26)27/h3-11,24H,2H2,1H3/b16-11-,22-19?. The first-order valence-electron chi connectivity index (χ1n) is 8.49. The second kappa shape index (κ2) is 8.93. The maximum absolute atomic E-state index is 12.4. The van der Waals surface area contributed by atoms with Crippen molar-refractivity contribution in [2.45, 2.75) is 6.92 Å². The number of aliphatic hydroxyl groups is 1. The lowest BCUT2D eigenvalue weighted by Crippen LogP contribution is -2.12. The topological polar surface area (TPSA) is 102 Å². The highest BCUT2D eigenvalue weighted by Crippen LogP contribution is 2.40. The maximum Gasteiger partial charge on any atom is 0.344 e. The van der Waals surface area contributed by atoms with Gasteiger partial charge in [0.05, 0.1) is 22.1 Å². The third-order valence-electron chi connectivity index (χ3n) is 3.85. The van der Waals surface area contributed by atoms with Crippen molar-refractivity contribution in [3.63, 3.8) is 0 Å². The summed E-state index contributed by atoms with van der Waals surface area (Å²) in [5.74, 6) is -0.963. The molecule has 1 aliphatic rings. The van der Waals surface area contributed by atoms with Crippen molar-refractivity contribution in [2.24, 2.45) is 4.99 Å². The van der Waals surface area contributed by atoms with Crippen LogP contribution in [0.3, 0.4) is 0 Å². The van der Waals surface area contributed by atoms with Crippen molar-refractivity contribution in [2.75, 3.05) is 6.61 Å². The Morgan fingerprint density at radius 3 is 2.59 bits per heavy atom. The van der Waals surface area contributed by atoms with Crippen molar-refractivity contribution < 1.29 is 19.6 Å². The molecule has 1 N–H and O–H groups in total. The number of nitro groups is 1. The molecule has 0 saturated carbocycles. The van der Waals surface area contributed by atoms with Crippen LogP contribution in [0, 0.1) is 10.1 Å². The molecule has 0 spiro atoms. The molecule has 3 rings (SSSR count). The Kier molecular flexibility index (Phi) is 6.36. The first kappa shape index (κ1) is 20.6. The molecule has 0 aliphatic carbocycles. The second-order valence-corrected chi connectivity index (χ2v) is 7.20. The Hall–Kier alpha value is -3.10. The van der Waals surface area contributed by atoms with E-state index in [0.717, 1.165) is 11.8 Å². The first-order chi connectivity index (χ1) is 13.9. The normalized spacial score (nSPS) is 16.5. The van der Waals surface area contributed by atoms with Crippen molar-refractivity contribution in [3.05, 3.63) is 85.5 Å². The van der Waals surface area contributed by atoms with Gasteiger partial charge < -0.3 is 9.84 Å². The van der Waals surface area contributed by atoms with E-state index in [4.69, 9.17) is 16.3 Å². The minimum Gasteiger partial charge on any atom is -0.506 e. The predicted octanol–water partition coefficient (Wildman–Crippen LogP) is 5.44. The third-order valence-corrected chi connectivity index (χ3v) is 5.22. The van der Waals surface area contributed by atoms with Gasteiger partial charge in [-0.1, -0.05) is 41.6 Å². The summed E-state index contributed by atoms with van der Waals surface area (Å²) in [6.07, 6.45) is 1.65. The van der Waals surface area contributed by atoms with Crippen LogP contribution in [0.15, 0.2) is 69.8 Å². The summed E-state index contributed by atoms with van der Waals surface area (Å²) in [7, 11) is 0. The zero-order valence-electron chi connectivity index (χ0n) is 15.2. The number of non-ortho nitro benzene ring substituents is 1. The van der Waals surface area contributed by atoms with Gasteiger partial charge >= 0.3 is 5.97 Å². The van der Waals surface area contributed by atoms with Crippen LogP contribution >= 0.6 is 23.4 Å². The molecule has 0 atom stereocenters. The van der Waals surface area contributed by atoms with Gasteiger partial charge in [-0.15, -0.1) is 0 Å². The van der Waals surface area contributed by atoms with Crippen LogP contribution in [0.25, 0.3) is 6.08 Å². The average molecular weight is 431 g/mol. The number of aliphatic imine (C=N–C) groups is 1. The lowest BCUT2D eigenvalue weighted by molar-refractivity contribution is -0.384. The fourth-order valence-corrected chi connectivity index (χ4v) is 3.71. The number of hydrogen-bond acceptors (Lipinski definition) is 7. The zero-order chi connectivity index (χ0) is 21.0. The Labute approximate surface area is 175 Å². The fraction of sp³-hybridized carbons (Fsp3) is 0.100. The number of aliphatic hydroxyl groups excluding tert-OH is 1. The largest absolute Gasteiger partial charge is 0.506 e. The fourth-order valence-electron chi connectivity index (χ4n) is 2.49. The number of benzene rings is 2. The number of esters is 1. The molecule has 0 radical (unpaired) electrons. The highest BCUT2D eigenvalue weighted by molar-refractivity contribution is 8.18. The molecular weight excluding hydrogens is 416 g/mol. The van der Waals surface area contributed by atoms with Gasteiger partial charge in [0.15, 0.2) is 0 Å². The molecule has 7 nitrogen and oxygen atoms in total. The molecule has 2 aromatic carbocycles. The predicted molar refractivity (Wildman–Crippen MR) is 113 cm³/mol. The number of nitro benzene ring substituents is 1. The van der Waals surface area contributed by atoms with Crippen LogP contribution in [0.2, 0.25) is 5.02 Å². The van der Waals surface area contributed by atoms with E-state index in [1.807, 2.05) is 0 Å². The van der Waals surface area contributed by atoms with Crippen LogP contribution in [-0.4, -0.2) is 27.6 Å². The monoisotopic (exact) mass is 430 g/mol. The van der Waals surface area contributed by atoms with E-state index in [2.05, 4.69) is 4.99 Å². The number of thioether (sulfide) groups is 1. The van der Waals surface area contributed by atoms with E-state index in [1.54, 1.807) is 37.3 Å². The van der Waals surface area contributed by atoms with Gasteiger partial charge in [0.1, 0.15) is 16.4 Å². The van der Waals surface area contributed by atoms with Gasteiger partial charge in [0.2, 0.25) is 0 Å². The van der Waals surface area contributed by atoms with Crippen molar-refractivity contribution in [1.82, 2.24) is 0 Å². The summed E-state index contributed by atoms with van der Waals surface area (Å²) in [6, 6.07) is 12.6. The third kappa shape index (κ3) is 4.67.